The topological polar surface area (TPSA) is 57.5 Å². The number of hydrogen-bond donors (Lipinski definition) is 2. The molecule has 19 heavy (non-hydrogen) atoms. The van der Waals surface area contributed by atoms with Crippen molar-refractivity contribution in [3.05, 3.63) is 27.2 Å². The summed E-state index contributed by atoms with van der Waals surface area (Å²) in [5, 5.41) is 19.4. The van der Waals surface area contributed by atoms with Gasteiger partial charge in [0.1, 0.15) is 5.75 Å². The predicted octanol–water partition coefficient (Wildman–Crippen LogP) is 3.79. The summed E-state index contributed by atoms with van der Waals surface area (Å²) < 4.78 is 0.748. The van der Waals surface area contributed by atoms with E-state index in [0.29, 0.717) is 0 Å². The van der Waals surface area contributed by atoms with Gasteiger partial charge >= 0.3 is 5.97 Å². The molecule has 0 fully saturated rings. The van der Waals surface area contributed by atoms with Crippen LogP contribution in [0.2, 0.25) is 0 Å². The van der Waals surface area contributed by atoms with Gasteiger partial charge < -0.3 is 10.2 Å². The molecule has 0 saturated carbocycles. The van der Waals surface area contributed by atoms with Crippen LogP contribution in [0.5, 0.6) is 5.75 Å². The Labute approximate surface area is 121 Å². The second-order valence-corrected chi connectivity index (χ2v) is 6.68. The maximum absolute atomic E-state index is 11.0. The fraction of sp³-hybridized carbons (Fsp3) is 0.533. The zero-order valence-electron chi connectivity index (χ0n) is 11.3. The lowest BCUT2D eigenvalue weighted by atomic mass is 9.78. The number of carbonyl (C=O) groups is 1. The monoisotopic (exact) mass is 326 g/mol. The molecule has 0 bridgehead atoms. The molecule has 0 amide bonds. The number of benzene rings is 1. The molecule has 3 nitrogen and oxygen atoms in total. The van der Waals surface area contributed by atoms with Gasteiger partial charge in [-0.05, 0) is 52.7 Å². The largest absolute Gasteiger partial charge is 0.506 e. The average Bonchev–Trinajstić information content (AvgIpc) is 2.32. The molecule has 1 aliphatic carbocycles. The molecule has 104 valence electrons. The molecule has 0 spiro atoms. The molecule has 0 aromatic heterocycles. The zero-order valence-corrected chi connectivity index (χ0v) is 12.9. The number of phenols is 1. The van der Waals surface area contributed by atoms with Crippen molar-refractivity contribution in [3.8, 4) is 5.75 Å². The first kappa shape index (κ1) is 14.4. The molecular formula is C15H19BrO3. The first-order valence-electron chi connectivity index (χ1n) is 6.58. The Morgan fingerprint density at radius 1 is 1.37 bits per heavy atom. The van der Waals surface area contributed by atoms with E-state index in [-0.39, 0.29) is 12.2 Å². The van der Waals surface area contributed by atoms with Gasteiger partial charge in [-0.25, -0.2) is 0 Å². The smallest absolute Gasteiger partial charge is 0.304 e. The molecule has 1 aliphatic rings. The molecule has 1 aromatic carbocycles. The van der Waals surface area contributed by atoms with Gasteiger partial charge in [0.15, 0.2) is 0 Å². The Hall–Kier alpha value is -1.03. The number of hydrogen-bond acceptors (Lipinski definition) is 2. The number of carboxylic acid groups (broad SMARTS) is 1. The highest BCUT2D eigenvalue weighted by Crippen LogP contribution is 2.43. The van der Waals surface area contributed by atoms with Crippen molar-refractivity contribution < 1.29 is 15.0 Å². The number of carboxylic acids is 1. The fourth-order valence-electron chi connectivity index (χ4n) is 2.83. The highest BCUT2D eigenvalue weighted by Gasteiger charge is 2.30. The number of aromatic hydroxyl groups is 1. The summed E-state index contributed by atoms with van der Waals surface area (Å²) in [7, 11) is 0. The molecule has 0 unspecified atom stereocenters. The van der Waals surface area contributed by atoms with Crippen molar-refractivity contribution in [2.75, 3.05) is 0 Å². The third-order valence-electron chi connectivity index (χ3n) is 3.88. The van der Waals surface area contributed by atoms with Crippen molar-refractivity contribution in [3.63, 3.8) is 0 Å². The molecule has 0 aliphatic heterocycles. The van der Waals surface area contributed by atoms with Crippen LogP contribution in [-0.2, 0) is 23.1 Å². The summed E-state index contributed by atoms with van der Waals surface area (Å²) in [5.74, 6) is -0.648. The van der Waals surface area contributed by atoms with Crippen LogP contribution in [0.1, 0.15) is 49.8 Å². The summed E-state index contributed by atoms with van der Waals surface area (Å²) >= 11 is 3.48. The van der Waals surface area contributed by atoms with Crippen molar-refractivity contribution >= 4 is 21.9 Å². The minimum absolute atomic E-state index is 0.00574. The minimum atomic E-state index is -0.849. The summed E-state index contributed by atoms with van der Waals surface area (Å²) in [4.78, 5) is 11.0. The van der Waals surface area contributed by atoms with Crippen molar-refractivity contribution in [1.82, 2.24) is 0 Å². The van der Waals surface area contributed by atoms with Crippen molar-refractivity contribution in [2.45, 2.75) is 51.4 Å². The molecule has 0 radical (unpaired) electrons. The highest BCUT2D eigenvalue weighted by molar-refractivity contribution is 9.10. The van der Waals surface area contributed by atoms with Crippen LogP contribution >= 0.6 is 15.9 Å². The predicted molar refractivity (Wildman–Crippen MR) is 77.7 cm³/mol. The zero-order chi connectivity index (χ0) is 14.2. The maximum Gasteiger partial charge on any atom is 0.304 e. The first-order chi connectivity index (χ1) is 8.83. The molecule has 4 heteroatoms. The van der Waals surface area contributed by atoms with Crippen LogP contribution in [0.4, 0.5) is 0 Å². The SMILES string of the molecule is CC(C)(CC(=O)O)c1cc2c(c(Br)c1O)CCCC2. The normalized spacial score (nSPS) is 15.1. The van der Waals surface area contributed by atoms with E-state index in [2.05, 4.69) is 15.9 Å². The summed E-state index contributed by atoms with van der Waals surface area (Å²) in [6.45, 7) is 3.72. The van der Waals surface area contributed by atoms with Gasteiger partial charge in [-0.1, -0.05) is 19.9 Å². The van der Waals surface area contributed by atoms with Gasteiger partial charge in [-0.3, -0.25) is 4.79 Å². The number of aliphatic carboxylic acids is 1. The Balaban J connectivity index is 2.52. The Bertz CT molecular complexity index is 521. The Morgan fingerprint density at radius 2 is 2.00 bits per heavy atom. The quantitative estimate of drug-likeness (QED) is 0.888. The van der Waals surface area contributed by atoms with Gasteiger partial charge in [0, 0.05) is 11.0 Å². The van der Waals surface area contributed by atoms with E-state index >= 15 is 0 Å². The lowest BCUT2D eigenvalue weighted by Crippen LogP contribution is -2.23. The van der Waals surface area contributed by atoms with Crippen LogP contribution in [0, 0.1) is 0 Å². The van der Waals surface area contributed by atoms with E-state index in [1.807, 2.05) is 19.9 Å². The van der Waals surface area contributed by atoms with Gasteiger partial charge in [0.2, 0.25) is 0 Å². The summed E-state index contributed by atoms with van der Waals surface area (Å²) in [5.41, 5.74) is 2.57. The number of fused-ring (bicyclic) bond motifs is 1. The van der Waals surface area contributed by atoms with Gasteiger partial charge in [-0.2, -0.15) is 0 Å². The number of rotatable bonds is 3. The standard InChI is InChI=1S/C15H19BrO3/c1-15(2,8-12(17)18)11-7-9-5-3-4-6-10(9)13(16)14(11)19/h7,19H,3-6,8H2,1-2H3,(H,17,18). The van der Waals surface area contributed by atoms with Crippen molar-refractivity contribution in [2.24, 2.45) is 0 Å². The van der Waals surface area contributed by atoms with Crippen LogP contribution in [0.3, 0.4) is 0 Å². The maximum atomic E-state index is 11.0. The number of phenolic OH excluding ortho intramolecular Hbond substituents is 1. The van der Waals surface area contributed by atoms with Gasteiger partial charge in [0.05, 0.1) is 10.9 Å². The third kappa shape index (κ3) is 2.78. The van der Waals surface area contributed by atoms with Crippen LogP contribution in [0.25, 0.3) is 0 Å². The van der Waals surface area contributed by atoms with Crippen LogP contribution in [-0.4, -0.2) is 16.2 Å². The van der Waals surface area contributed by atoms with Gasteiger partial charge in [0.25, 0.3) is 0 Å². The van der Waals surface area contributed by atoms with E-state index in [1.54, 1.807) is 0 Å². The van der Waals surface area contributed by atoms with Crippen molar-refractivity contribution in [1.29, 1.82) is 0 Å². The molecule has 0 atom stereocenters. The average molecular weight is 327 g/mol. The molecule has 2 N–H and O–H groups in total. The molecule has 1 aromatic rings. The molecule has 0 heterocycles. The lowest BCUT2D eigenvalue weighted by Gasteiger charge is -2.28. The van der Waals surface area contributed by atoms with Crippen LogP contribution < -0.4 is 0 Å². The molecule has 2 rings (SSSR count). The molecular weight excluding hydrogens is 308 g/mol. The fourth-order valence-corrected chi connectivity index (χ4v) is 3.50. The van der Waals surface area contributed by atoms with E-state index in [9.17, 15) is 9.90 Å². The first-order valence-corrected chi connectivity index (χ1v) is 7.37. The molecule has 0 saturated heterocycles. The Morgan fingerprint density at radius 3 is 2.63 bits per heavy atom. The Kier molecular flexibility index (Phi) is 3.90. The highest BCUT2D eigenvalue weighted by atomic mass is 79.9. The second kappa shape index (κ2) is 5.16. The van der Waals surface area contributed by atoms with E-state index in [1.165, 1.54) is 11.1 Å². The van der Waals surface area contributed by atoms with Gasteiger partial charge in [-0.15, -0.1) is 0 Å². The third-order valence-corrected chi connectivity index (χ3v) is 4.73. The van der Waals surface area contributed by atoms with E-state index in [0.717, 1.165) is 35.7 Å². The summed E-state index contributed by atoms with van der Waals surface area (Å²) in [6.07, 6.45) is 4.28. The van der Waals surface area contributed by atoms with Crippen LogP contribution in [0.15, 0.2) is 10.5 Å². The van der Waals surface area contributed by atoms with E-state index < -0.39 is 11.4 Å². The lowest BCUT2D eigenvalue weighted by molar-refractivity contribution is -0.138. The van der Waals surface area contributed by atoms with E-state index in [4.69, 9.17) is 5.11 Å². The second-order valence-electron chi connectivity index (χ2n) is 5.89. The number of aryl methyl sites for hydroxylation is 1. The number of halogens is 1. The minimum Gasteiger partial charge on any atom is -0.506 e. The summed E-state index contributed by atoms with van der Waals surface area (Å²) in [6, 6.07) is 2.00.